The molecule has 0 bridgehead atoms. The Kier molecular flexibility index (Phi) is 4.11. The molecule has 0 saturated carbocycles. The van der Waals surface area contributed by atoms with Crippen molar-refractivity contribution in [3.05, 3.63) is 12.4 Å². The lowest BCUT2D eigenvalue weighted by molar-refractivity contribution is 0.139. The van der Waals surface area contributed by atoms with E-state index in [1.807, 2.05) is 6.07 Å². The van der Waals surface area contributed by atoms with Crippen LogP contribution in [0.3, 0.4) is 0 Å². The lowest BCUT2D eigenvalue weighted by Crippen LogP contribution is -2.35. The van der Waals surface area contributed by atoms with Crippen molar-refractivity contribution in [2.45, 2.75) is 12.8 Å². The van der Waals surface area contributed by atoms with Crippen LogP contribution in [0, 0.1) is 5.92 Å². The van der Waals surface area contributed by atoms with Gasteiger partial charge in [-0.3, -0.25) is 0 Å². The molecule has 1 fully saturated rings. The van der Waals surface area contributed by atoms with Crippen LogP contribution in [-0.4, -0.2) is 36.8 Å². The smallest absolute Gasteiger partial charge is 0.145 e. The third-order valence-electron chi connectivity index (χ3n) is 3.14. The first-order valence-electron chi connectivity index (χ1n) is 5.86. The van der Waals surface area contributed by atoms with Gasteiger partial charge in [0, 0.05) is 32.9 Å². The van der Waals surface area contributed by atoms with E-state index >= 15 is 0 Å². The summed E-state index contributed by atoms with van der Waals surface area (Å²) in [5, 5.41) is 0. The molecule has 0 radical (unpaired) electrons. The Morgan fingerprint density at radius 2 is 2.24 bits per heavy atom. The molecule has 0 atom stereocenters. The summed E-state index contributed by atoms with van der Waals surface area (Å²) in [5.74, 6) is 7.59. The van der Waals surface area contributed by atoms with E-state index in [2.05, 4.69) is 20.3 Å². The minimum absolute atomic E-state index is 0.647. The van der Waals surface area contributed by atoms with Gasteiger partial charge in [-0.25, -0.2) is 15.8 Å². The average molecular weight is 237 g/mol. The number of hydrazine groups is 1. The molecular weight excluding hydrogens is 218 g/mol. The molecule has 1 aromatic rings. The molecule has 2 rings (SSSR count). The summed E-state index contributed by atoms with van der Waals surface area (Å²) in [7, 11) is 1.76. The van der Waals surface area contributed by atoms with Gasteiger partial charge < -0.3 is 15.1 Å². The summed E-state index contributed by atoms with van der Waals surface area (Å²) in [6.07, 6.45) is 3.82. The Morgan fingerprint density at radius 3 is 2.88 bits per heavy atom. The number of nitrogen functional groups attached to an aromatic ring is 1. The number of methoxy groups -OCH3 is 1. The number of nitrogens with zero attached hydrogens (tertiary/aromatic N) is 3. The van der Waals surface area contributed by atoms with Gasteiger partial charge in [-0.15, -0.1) is 0 Å². The monoisotopic (exact) mass is 237 g/mol. The van der Waals surface area contributed by atoms with Crippen LogP contribution in [0.2, 0.25) is 0 Å². The first kappa shape index (κ1) is 12.1. The summed E-state index contributed by atoms with van der Waals surface area (Å²) < 4.78 is 5.19. The molecule has 3 N–H and O–H groups in total. The van der Waals surface area contributed by atoms with Crippen LogP contribution < -0.4 is 16.2 Å². The van der Waals surface area contributed by atoms with E-state index in [1.54, 1.807) is 7.11 Å². The van der Waals surface area contributed by atoms with Crippen LogP contribution in [0.4, 0.5) is 11.6 Å². The zero-order valence-electron chi connectivity index (χ0n) is 10.1. The molecule has 1 aliphatic heterocycles. The first-order chi connectivity index (χ1) is 8.33. The quantitative estimate of drug-likeness (QED) is 0.590. The molecule has 2 heterocycles. The van der Waals surface area contributed by atoms with Gasteiger partial charge in [0.1, 0.15) is 18.0 Å². The minimum Gasteiger partial charge on any atom is -0.384 e. The van der Waals surface area contributed by atoms with Gasteiger partial charge in [0.15, 0.2) is 0 Å². The maximum atomic E-state index is 5.33. The third kappa shape index (κ3) is 3.04. The van der Waals surface area contributed by atoms with Gasteiger partial charge in [-0.2, -0.15) is 0 Å². The Bertz CT molecular complexity index is 351. The third-order valence-corrected chi connectivity index (χ3v) is 3.14. The largest absolute Gasteiger partial charge is 0.384 e. The fourth-order valence-corrected chi connectivity index (χ4v) is 2.16. The highest BCUT2D eigenvalue weighted by Crippen LogP contribution is 2.22. The van der Waals surface area contributed by atoms with Crippen LogP contribution in [0.25, 0.3) is 0 Å². The molecule has 1 aliphatic rings. The molecule has 0 aliphatic carbocycles. The molecule has 0 unspecified atom stereocenters. The second-order valence-corrected chi connectivity index (χ2v) is 4.29. The number of rotatable bonds is 4. The number of hydrogen-bond donors (Lipinski definition) is 2. The number of anilines is 2. The maximum Gasteiger partial charge on any atom is 0.145 e. The highest BCUT2D eigenvalue weighted by atomic mass is 16.5. The van der Waals surface area contributed by atoms with Gasteiger partial charge in [-0.05, 0) is 18.8 Å². The Hall–Kier alpha value is -1.40. The maximum absolute atomic E-state index is 5.33. The molecule has 0 spiro atoms. The first-order valence-corrected chi connectivity index (χ1v) is 5.86. The van der Waals surface area contributed by atoms with Crippen molar-refractivity contribution in [3.63, 3.8) is 0 Å². The molecular formula is C11H19N5O. The van der Waals surface area contributed by atoms with E-state index in [0.717, 1.165) is 38.4 Å². The van der Waals surface area contributed by atoms with Gasteiger partial charge >= 0.3 is 0 Å². The summed E-state index contributed by atoms with van der Waals surface area (Å²) >= 11 is 0. The topological polar surface area (TPSA) is 76.3 Å². The van der Waals surface area contributed by atoms with Gasteiger partial charge in [0.05, 0.1) is 0 Å². The highest BCUT2D eigenvalue weighted by molar-refractivity contribution is 5.47. The van der Waals surface area contributed by atoms with Crippen molar-refractivity contribution in [2.75, 3.05) is 37.1 Å². The Balaban J connectivity index is 1.95. The molecule has 6 nitrogen and oxygen atoms in total. The van der Waals surface area contributed by atoms with E-state index in [9.17, 15) is 0 Å². The fourth-order valence-electron chi connectivity index (χ4n) is 2.16. The Labute approximate surface area is 101 Å². The number of ether oxygens (including phenoxy) is 1. The number of piperidine rings is 1. The van der Waals surface area contributed by atoms with Crippen molar-refractivity contribution in [2.24, 2.45) is 11.8 Å². The van der Waals surface area contributed by atoms with Gasteiger partial charge in [0.25, 0.3) is 0 Å². The van der Waals surface area contributed by atoms with Crippen LogP contribution in [0.15, 0.2) is 12.4 Å². The lowest BCUT2D eigenvalue weighted by atomic mass is 9.98. The average Bonchev–Trinajstić information content (AvgIpc) is 2.40. The van der Waals surface area contributed by atoms with Crippen LogP contribution in [0.5, 0.6) is 0 Å². The standard InChI is InChI=1S/C11H19N5O/c1-17-7-9-2-4-16(5-3-9)11-6-10(15-12)13-8-14-11/h6,8-9H,2-5,7,12H2,1H3,(H,13,14,15). The summed E-state index contributed by atoms with van der Waals surface area (Å²) in [6.45, 7) is 2.87. The van der Waals surface area contributed by atoms with Gasteiger partial charge in [-0.1, -0.05) is 0 Å². The molecule has 17 heavy (non-hydrogen) atoms. The normalized spacial score (nSPS) is 17.2. The lowest BCUT2D eigenvalue weighted by Gasteiger charge is -2.32. The number of nitrogens with one attached hydrogen (secondary N) is 1. The molecule has 0 amide bonds. The number of hydrogen-bond acceptors (Lipinski definition) is 6. The van der Waals surface area contributed by atoms with E-state index in [1.165, 1.54) is 6.33 Å². The summed E-state index contributed by atoms with van der Waals surface area (Å²) in [5.41, 5.74) is 2.54. The highest BCUT2D eigenvalue weighted by Gasteiger charge is 2.20. The number of aromatic nitrogens is 2. The molecule has 0 aromatic carbocycles. The molecule has 6 heteroatoms. The Morgan fingerprint density at radius 1 is 1.47 bits per heavy atom. The predicted octanol–water partition coefficient (Wildman–Crippen LogP) is 0.625. The SMILES string of the molecule is COCC1CCN(c2cc(NN)ncn2)CC1. The fraction of sp³-hybridized carbons (Fsp3) is 0.636. The molecule has 1 saturated heterocycles. The van der Waals surface area contributed by atoms with E-state index < -0.39 is 0 Å². The zero-order valence-corrected chi connectivity index (χ0v) is 10.1. The predicted molar refractivity (Wildman–Crippen MR) is 66.7 cm³/mol. The van der Waals surface area contributed by atoms with Crippen LogP contribution in [0.1, 0.15) is 12.8 Å². The summed E-state index contributed by atoms with van der Waals surface area (Å²) in [4.78, 5) is 10.5. The summed E-state index contributed by atoms with van der Waals surface area (Å²) in [6, 6.07) is 1.87. The van der Waals surface area contributed by atoms with Crippen LogP contribution in [-0.2, 0) is 4.74 Å². The van der Waals surface area contributed by atoms with Gasteiger partial charge in [0.2, 0.25) is 0 Å². The molecule has 94 valence electrons. The van der Waals surface area contributed by atoms with Crippen molar-refractivity contribution < 1.29 is 4.74 Å². The minimum atomic E-state index is 0.647. The van der Waals surface area contributed by atoms with Crippen molar-refractivity contribution in [1.29, 1.82) is 0 Å². The second-order valence-electron chi connectivity index (χ2n) is 4.29. The van der Waals surface area contributed by atoms with Crippen molar-refractivity contribution in [3.8, 4) is 0 Å². The van der Waals surface area contributed by atoms with E-state index in [-0.39, 0.29) is 0 Å². The van der Waals surface area contributed by atoms with Crippen molar-refractivity contribution >= 4 is 11.6 Å². The molecule has 1 aromatic heterocycles. The van der Waals surface area contributed by atoms with E-state index in [0.29, 0.717) is 11.7 Å². The second kappa shape index (κ2) is 5.79. The van der Waals surface area contributed by atoms with Crippen LogP contribution >= 0.6 is 0 Å². The van der Waals surface area contributed by atoms with Crippen molar-refractivity contribution in [1.82, 2.24) is 9.97 Å². The zero-order chi connectivity index (χ0) is 12.1. The number of nitrogens with two attached hydrogens (primary N) is 1. The van der Waals surface area contributed by atoms with E-state index in [4.69, 9.17) is 10.6 Å².